The topological polar surface area (TPSA) is 59.1 Å². The molecule has 4 rings (SSSR count). The van der Waals surface area contributed by atoms with Gasteiger partial charge in [0.25, 0.3) is 0 Å². The van der Waals surface area contributed by atoms with Crippen LogP contribution in [-0.4, -0.2) is 50.7 Å². The Morgan fingerprint density at radius 3 is 2.29 bits per heavy atom. The first-order valence-electron chi connectivity index (χ1n) is 11.9. The quantitative estimate of drug-likeness (QED) is 0.582. The Labute approximate surface area is 203 Å². The van der Waals surface area contributed by atoms with Crippen molar-refractivity contribution in [3.63, 3.8) is 0 Å². The van der Waals surface area contributed by atoms with E-state index in [0.717, 1.165) is 24.9 Å². The van der Waals surface area contributed by atoms with E-state index in [1.807, 2.05) is 62.9 Å². The van der Waals surface area contributed by atoms with Gasteiger partial charge in [-0.3, -0.25) is 0 Å². The van der Waals surface area contributed by atoms with Crippen LogP contribution in [0.1, 0.15) is 53.9 Å². The second-order valence-electron chi connectivity index (χ2n) is 10.2. The van der Waals surface area contributed by atoms with Crippen molar-refractivity contribution < 1.29 is 22.1 Å². The average Bonchev–Trinajstić information content (AvgIpc) is 2.95. The predicted octanol–water partition coefficient (Wildman–Crippen LogP) is 4.46. The highest BCUT2D eigenvalue weighted by atomic mass is 32.2. The number of benzene rings is 2. The fourth-order valence-corrected chi connectivity index (χ4v) is 6.05. The summed E-state index contributed by atoms with van der Waals surface area (Å²) in [6.45, 7) is 10.1. The lowest BCUT2D eigenvalue weighted by atomic mass is 9.78. The van der Waals surface area contributed by atoms with E-state index >= 15 is 4.39 Å². The van der Waals surface area contributed by atoms with Crippen LogP contribution in [0.25, 0.3) is 0 Å². The largest absolute Gasteiger partial charge is 0.497 e. The van der Waals surface area contributed by atoms with Crippen LogP contribution in [0.3, 0.4) is 0 Å². The molecule has 0 radical (unpaired) electrons. The molecule has 0 N–H and O–H groups in total. The Kier molecular flexibility index (Phi) is 6.61. The van der Waals surface area contributed by atoms with E-state index in [9.17, 15) is 8.42 Å². The summed E-state index contributed by atoms with van der Waals surface area (Å²) in [6.07, 6.45) is 2.58. The highest BCUT2D eigenvalue weighted by Gasteiger charge is 2.53. The Morgan fingerprint density at radius 2 is 1.71 bits per heavy atom. The van der Waals surface area contributed by atoms with Crippen molar-refractivity contribution in [2.24, 2.45) is 0 Å². The third-order valence-electron chi connectivity index (χ3n) is 7.40. The van der Waals surface area contributed by atoms with E-state index in [0.29, 0.717) is 12.2 Å². The molecule has 2 aromatic rings. The molecule has 1 saturated heterocycles. The first kappa shape index (κ1) is 25.2. The first-order valence-corrected chi connectivity index (χ1v) is 13.3. The van der Waals surface area contributed by atoms with Gasteiger partial charge in [-0.05, 0) is 58.4 Å². The number of nitrogens with zero attached hydrogens (tertiary/aromatic N) is 2. The van der Waals surface area contributed by atoms with E-state index < -0.39 is 34.2 Å². The van der Waals surface area contributed by atoms with Crippen molar-refractivity contribution in [1.29, 1.82) is 0 Å². The number of para-hydroxylation sites is 1. The van der Waals surface area contributed by atoms with Gasteiger partial charge < -0.3 is 14.2 Å². The van der Waals surface area contributed by atoms with Crippen LogP contribution in [0.15, 0.2) is 47.4 Å². The zero-order chi connectivity index (χ0) is 24.9. The summed E-state index contributed by atoms with van der Waals surface area (Å²) in [6, 6.07) is 12.0. The maximum atomic E-state index is 15.6. The van der Waals surface area contributed by atoms with Crippen LogP contribution in [-0.2, 0) is 19.3 Å². The summed E-state index contributed by atoms with van der Waals surface area (Å²) < 4.78 is 56.8. The number of hydrogen-bond acceptors (Lipinski definition) is 5. The monoisotopic (exact) mass is 488 g/mol. The lowest BCUT2D eigenvalue weighted by Crippen LogP contribution is -2.41. The van der Waals surface area contributed by atoms with Crippen LogP contribution >= 0.6 is 0 Å². The molecule has 6 nitrogen and oxygen atoms in total. The van der Waals surface area contributed by atoms with Crippen LogP contribution in [0.5, 0.6) is 0 Å². The van der Waals surface area contributed by atoms with Crippen molar-refractivity contribution in [2.45, 2.75) is 76.0 Å². The Bertz CT molecular complexity index is 1140. The maximum Gasteiger partial charge on any atom is 0.497 e. The van der Waals surface area contributed by atoms with Crippen LogP contribution in [0.2, 0.25) is 0 Å². The van der Waals surface area contributed by atoms with Gasteiger partial charge in [-0.2, -0.15) is 4.31 Å². The number of hydrogen-bond donors (Lipinski definition) is 0. The van der Waals surface area contributed by atoms with Gasteiger partial charge in [0.05, 0.1) is 16.9 Å². The fourth-order valence-electron chi connectivity index (χ4n) is 4.47. The van der Waals surface area contributed by atoms with Crippen LogP contribution in [0.4, 0.5) is 15.8 Å². The molecule has 0 spiro atoms. The molecule has 9 heteroatoms. The highest BCUT2D eigenvalue weighted by molar-refractivity contribution is 7.89. The number of sulfonamides is 1. The summed E-state index contributed by atoms with van der Waals surface area (Å²) in [5.41, 5.74) is -0.107. The number of halogens is 1. The molecule has 1 atom stereocenters. The average molecular weight is 488 g/mol. The smallest absolute Gasteiger partial charge is 0.399 e. The molecule has 0 amide bonds. The van der Waals surface area contributed by atoms with Crippen molar-refractivity contribution in [3.8, 4) is 0 Å². The second kappa shape index (κ2) is 8.93. The van der Waals surface area contributed by atoms with Gasteiger partial charge >= 0.3 is 7.12 Å². The van der Waals surface area contributed by atoms with E-state index in [1.165, 1.54) is 16.4 Å². The summed E-state index contributed by atoms with van der Waals surface area (Å²) in [7, 11) is -3.27. The lowest BCUT2D eigenvalue weighted by Gasteiger charge is -2.32. The van der Waals surface area contributed by atoms with Gasteiger partial charge in [0, 0.05) is 30.8 Å². The Hall–Kier alpha value is -1.94. The van der Waals surface area contributed by atoms with Gasteiger partial charge in [0.2, 0.25) is 10.0 Å². The van der Waals surface area contributed by atoms with E-state index in [2.05, 4.69) is 6.92 Å². The molecule has 0 bridgehead atoms. The summed E-state index contributed by atoms with van der Waals surface area (Å²) in [5, 5.41) is 0. The van der Waals surface area contributed by atoms with Gasteiger partial charge in [-0.15, -0.1) is 0 Å². The van der Waals surface area contributed by atoms with Crippen molar-refractivity contribution in [2.75, 3.05) is 18.5 Å². The minimum Gasteiger partial charge on any atom is -0.399 e. The van der Waals surface area contributed by atoms with Gasteiger partial charge in [-0.25, -0.2) is 12.8 Å². The number of anilines is 2. The molecule has 0 saturated carbocycles. The minimum atomic E-state index is -3.89. The molecule has 1 fully saturated rings. The molecular weight excluding hydrogens is 454 g/mol. The molecule has 2 heterocycles. The number of likely N-dealkylation sites (N-methyl/N-ethyl adjacent to an activating group) is 1. The maximum absolute atomic E-state index is 15.6. The summed E-state index contributed by atoms with van der Waals surface area (Å²) >= 11 is 0. The number of unbranched alkanes of at least 4 members (excludes halogenated alkanes) is 1. The Balaban J connectivity index is 1.88. The Morgan fingerprint density at radius 1 is 1.09 bits per heavy atom. The SMILES string of the molecule is CCCCC1CN(c2ccccc2)c2cc(F)c(B3OC(C)(C)C(C)(C)O3)cc2S(=O)(=O)N1C. The summed E-state index contributed by atoms with van der Waals surface area (Å²) in [4.78, 5) is 1.97. The van der Waals surface area contributed by atoms with Crippen molar-refractivity contribution >= 4 is 34.0 Å². The number of fused-ring (bicyclic) bond motifs is 1. The standard InChI is InChI=1S/C25H34BFN2O4S/c1-7-8-12-19-17-29(18-13-10-9-11-14-18)22-16-21(27)20(15-23(22)34(30,31)28(19)6)26-32-24(2,3)25(4,5)33-26/h9-11,13-16,19H,7-8,12,17H2,1-6H3. The van der Waals surface area contributed by atoms with E-state index in [1.54, 1.807) is 7.05 Å². The van der Waals surface area contributed by atoms with Crippen LogP contribution < -0.4 is 10.4 Å². The van der Waals surface area contributed by atoms with Crippen molar-refractivity contribution in [3.05, 3.63) is 48.3 Å². The third kappa shape index (κ3) is 4.28. The molecule has 2 aliphatic heterocycles. The van der Waals surface area contributed by atoms with Crippen molar-refractivity contribution in [1.82, 2.24) is 4.31 Å². The molecule has 2 aromatic carbocycles. The molecule has 0 aliphatic carbocycles. The zero-order valence-electron chi connectivity index (χ0n) is 20.8. The third-order valence-corrected chi connectivity index (χ3v) is 9.34. The van der Waals surface area contributed by atoms with Crippen LogP contribution in [0, 0.1) is 5.82 Å². The predicted molar refractivity (Wildman–Crippen MR) is 134 cm³/mol. The molecule has 184 valence electrons. The molecule has 2 aliphatic rings. The lowest BCUT2D eigenvalue weighted by molar-refractivity contribution is 0.00578. The molecule has 34 heavy (non-hydrogen) atoms. The van der Waals surface area contributed by atoms with Gasteiger partial charge in [-0.1, -0.05) is 38.0 Å². The summed E-state index contributed by atoms with van der Waals surface area (Å²) in [5.74, 6) is -0.553. The normalized spacial score (nSPS) is 23.6. The van der Waals surface area contributed by atoms with E-state index in [4.69, 9.17) is 9.31 Å². The van der Waals surface area contributed by atoms with Gasteiger partial charge in [0.15, 0.2) is 0 Å². The number of rotatable bonds is 5. The minimum absolute atomic E-state index is 0.0592. The molecular formula is C25H34BFN2O4S. The highest BCUT2D eigenvalue weighted by Crippen LogP contribution is 2.40. The molecule has 0 aromatic heterocycles. The fraction of sp³-hybridized carbons (Fsp3) is 0.520. The van der Waals surface area contributed by atoms with E-state index in [-0.39, 0.29) is 16.4 Å². The first-order chi connectivity index (χ1) is 15.9. The second-order valence-corrected chi connectivity index (χ2v) is 12.2. The molecule has 1 unspecified atom stereocenters. The van der Waals surface area contributed by atoms with Gasteiger partial charge in [0.1, 0.15) is 10.7 Å². The zero-order valence-corrected chi connectivity index (χ0v) is 21.7.